The van der Waals surface area contributed by atoms with Crippen LogP contribution in [-0.4, -0.2) is 50.6 Å². The maximum Gasteiger partial charge on any atom is 0.191 e. The van der Waals surface area contributed by atoms with E-state index in [1.807, 2.05) is 12.1 Å². The van der Waals surface area contributed by atoms with Crippen LogP contribution >= 0.6 is 47.2 Å². The fourth-order valence-electron chi connectivity index (χ4n) is 2.95. The Morgan fingerprint density at radius 1 is 1.32 bits per heavy atom. The summed E-state index contributed by atoms with van der Waals surface area (Å²) in [6.07, 6.45) is 3.17. The van der Waals surface area contributed by atoms with E-state index in [4.69, 9.17) is 28.2 Å². The molecule has 1 heterocycles. The van der Waals surface area contributed by atoms with Crippen LogP contribution in [0.25, 0.3) is 0 Å². The van der Waals surface area contributed by atoms with E-state index in [-0.39, 0.29) is 24.0 Å². The van der Waals surface area contributed by atoms with Crippen molar-refractivity contribution in [2.75, 3.05) is 39.8 Å². The molecule has 2 N–H and O–H groups in total. The lowest BCUT2D eigenvalue weighted by Crippen LogP contribution is -2.38. The first-order chi connectivity index (χ1) is 11.6. The largest absolute Gasteiger partial charge is 0.357 e. The van der Waals surface area contributed by atoms with Gasteiger partial charge in [-0.15, -0.1) is 24.0 Å². The first-order valence-corrected chi connectivity index (χ1v) is 9.48. The lowest BCUT2D eigenvalue weighted by atomic mass is 10.1. The van der Waals surface area contributed by atoms with Gasteiger partial charge in [0.2, 0.25) is 0 Å². The Morgan fingerprint density at radius 2 is 2.12 bits per heavy atom. The van der Waals surface area contributed by atoms with E-state index in [0.717, 1.165) is 55.6 Å². The maximum absolute atomic E-state index is 6.21. The summed E-state index contributed by atoms with van der Waals surface area (Å²) in [7, 11) is 2.18. The van der Waals surface area contributed by atoms with Crippen molar-refractivity contribution in [1.82, 2.24) is 15.5 Å². The van der Waals surface area contributed by atoms with Crippen molar-refractivity contribution >= 4 is 53.1 Å². The molecule has 1 aliphatic heterocycles. The van der Waals surface area contributed by atoms with Crippen molar-refractivity contribution in [2.45, 2.75) is 26.2 Å². The molecule has 0 amide bonds. The number of aliphatic imine (C=N–C) groups is 1. The molecule has 4 nitrogen and oxygen atoms in total. The van der Waals surface area contributed by atoms with Gasteiger partial charge in [0, 0.05) is 36.2 Å². The van der Waals surface area contributed by atoms with Gasteiger partial charge in [-0.3, -0.25) is 4.99 Å². The standard InChI is InChI=1S/C18H28Cl2N4.HI/c1-3-21-18(23-12-14-8-10-24(2)13-14)22-9-4-5-15-6-7-16(19)11-17(15)20;/h6-7,11,14H,3-5,8-10,12-13H2,1-2H3,(H2,21,22,23);1H. The smallest absolute Gasteiger partial charge is 0.191 e. The zero-order valence-corrected chi connectivity index (χ0v) is 18.9. The van der Waals surface area contributed by atoms with E-state index < -0.39 is 0 Å². The van der Waals surface area contributed by atoms with E-state index in [0.29, 0.717) is 10.9 Å². The van der Waals surface area contributed by atoms with E-state index in [9.17, 15) is 0 Å². The highest BCUT2D eigenvalue weighted by Crippen LogP contribution is 2.21. The number of nitrogens with zero attached hydrogens (tertiary/aromatic N) is 2. The molecule has 25 heavy (non-hydrogen) atoms. The van der Waals surface area contributed by atoms with Crippen LogP contribution in [0.3, 0.4) is 0 Å². The van der Waals surface area contributed by atoms with Crippen LogP contribution < -0.4 is 10.6 Å². The zero-order chi connectivity index (χ0) is 17.4. The normalized spacial score (nSPS) is 18.1. The number of nitrogens with one attached hydrogen (secondary N) is 2. The van der Waals surface area contributed by atoms with Crippen LogP contribution in [0.15, 0.2) is 23.2 Å². The predicted octanol–water partition coefficient (Wildman–Crippen LogP) is 4.05. The van der Waals surface area contributed by atoms with Crippen molar-refractivity contribution in [3.05, 3.63) is 33.8 Å². The van der Waals surface area contributed by atoms with Gasteiger partial charge in [0.05, 0.1) is 0 Å². The Morgan fingerprint density at radius 3 is 2.76 bits per heavy atom. The van der Waals surface area contributed by atoms with E-state index >= 15 is 0 Å². The number of guanidine groups is 1. The van der Waals surface area contributed by atoms with Crippen molar-refractivity contribution in [2.24, 2.45) is 10.9 Å². The van der Waals surface area contributed by atoms with Gasteiger partial charge in [0.1, 0.15) is 0 Å². The summed E-state index contributed by atoms with van der Waals surface area (Å²) in [5.41, 5.74) is 1.14. The molecule has 1 unspecified atom stereocenters. The molecule has 0 saturated carbocycles. The number of hydrogen-bond donors (Lipinski definition) is 2. The number of rotatable bonds is 7. The third-order valence-electron chi connectivity index (χ3n) is 4.27. The van der Waals surface area contributed by atoms with Crippen molar-refractivity contribution in [1.29, 1.82) is 0 Å². The molecular weight excluding hydrogens is 470 g/mol. The summed E-state index contributed by atoms with van der Waals surface area (Å²) in [5, 5.41) is 8.16. The molecule has 0 aliphatic carbocycles. The molecule has 142 valence electrons. The van der Waals surface area contributed by atoms with Crippen LogP contribution in [0.2, 0.25) is 10.0 Å². The van der Waals surface area contributed by atoms with Crippen LogP contribution in [0.4, 0.5) is 0 Å². The first-order valence-electron chi connectivity index (χ1n) is 8.73. The van der Waals surface area contributed by atoms with Gasteiger partial charge < -0.3 is 15.5 Å². The Balaban J connectivity index is 0.00000312. The number of benzene rings is 1. The second-order valence-electron chi connectivity index (χ2n) is 6.40. The lowest BCUT2D eigenvalue weighted by Gasteiger charge is -2.13. The van der Waals surface area contributed by atoms with E-state index in [1.54, 1.807) is 6.07 Å². The Labute approximate surface area is 178 Å². The summed E-state index contributed by atoms with van der Waals surface area (Å²) in [4.78, 5) is 7.10. The number of aryl methyl sites for hydroxylation is 1. The SMILES string of the molecule is CCNC(=NCC1CCN(C)C1)NCCCc1ccc(Cl)cc1Cl.I. The third-order valence-corrected chi connectivity index (χ3v) is 4.86. The van der Waals surface area contributed by atoms with Crippen LogP contribution in [0, 0.1) is 5.92 Å². The molecule has 1 fully saturated rings. The molecule has 0 bridgehead atoms. The van der Waals surface area contributed by atoms with E-state index in [2.05, 4.69) is 29.5 Å². The fraction of sp³-hybridized carbons (Fsp3) is 0.611. The topological polar surface area (TPSA) is 39.7 Å². The fourth-order valence-corrected chi connectivity index (χ4v) is 3.45. The summed E-state index contributed by atoms with van der Waals surface area (Å²) >= 11 is 12.1. The van der Waals surface area contributed by atoms with Gasteiger partial charge in [-0.2, -0.15) is 0 Å². The predicted molar refractivity (Wildman–Crippen MR) is 120 cm³/mol. The van der Waals surface area contributed by atoms with E-state index in [1.165, 1.54) is 13.0 Å². The van der Waals surface area contributed by atoms with Crippen molar-refractivity contribution in [3.63, 3.8) is 0 Å². The van der Waals surface area contributed by atoms with Gasteiger partial charge in [0.25, 0.3) is 0 Å². The summed E-state index contributed by atoms with van der Waals surface area (Å²) in [5.74, 6) is 1.59. The average molecular weight is 499 g/mol. The zero-order valence-electron chi connectivity index (χ0n) is 15.0. The molecule has 1 atom stereocenters. The summed E-state index contributed by atoms with van der Waals surface area (Å²) < 4.78 is 0. The first kappa shape index (κ1) is 22.8. The average Bonchev–Trinajstić information content (AvgIpc) is 2.96. The highest BCUT2D eigenvalue weighted by molar-refractivity contribution is 14.0. The van der Waals surface area contributed by atoms with Crippen LogP contribution in [-0.2, 0) is 6.42 Å². The maximum atomic E-state index is 6.21. The molecule has 1 aromatic rings. The number of halogens is 3. The van der Waals surface area contributed by atoms with Crippen molar-refractivity contribution < 1.29 is 0 Å². The molecule has 1 saturated heterocycles. The molecule has 1 aliphatic rings. The highest BCUT2D eigenvalue weighted by Gasteiger charge is 2.18. The Hall–Kier alpha value is -0.240. The van der Waals surface area contributed by atoms with Crippen LogP contribution in [0.1, 0.15) is 25.3 Å². The van der Waals surface area contributed by atoms with Gasteiger partial charge in [-0.25, -0.2) is 0 Å². The minimum Gasteiger partial charge on any atom is -0.357 e. The highest BCUT2D eigenvalue weighted by atomic mass is 127. The number of likely N-dealkylation sites (tertiary alicyclic amines) is 1. The molecular formula is C18H29Cl2IN4. The molecule has 0 radical (unpaired) electrons. The third kappa shape index (κ3) is 8.33. The second kappa shape index (κ2) is 12.2. The minimum absolute atomic E-state index is 0. The Bertz CT molecular complexity index is 554. The van der Waals surface area contributed by atoms with Gasteiger partial charge in [0.15, 0.2) is 5.96 Å². The monoisotopic (exact) mass is 498 g/mol. The number of hydrogen-bond acceptors (Lipinski definition) is 2. The quantitative estimate of drug-likeness (QED) is 0.258. The molecule has 1 aromatic carbocycles. The van der Waals surface area contributed by atoms with Gasteiger partial charge in [-0.05, 0) is 63.4 Å². The van der Waals surface area contributed by atoms with Crippen LogP contribution in [0.5, 0.6) is 0 Å². The molecule has 2 rings (SSSR count). The van der Waals surface area contributed by atoms with Gasteiger partial charge in [-0.1, -0.05) is 29.3 Å². The summed E-state index contributed by atoms with van der Waals surface area (Å²) in [6.45, 7) is 7.06. The van der Waals surface area contributed by atoms with Gasteiger partial charge >= 0.3 is 0 Å². The lowest BCUT2D eigenvalue weighted by molar-refractivity contribution is 0.397. The summed E-state index contributed by atoms with van der Waals surface area (Å²) in [6, 6.07) is 5.69. The molecule has 0 spiro atoms. The minimum atomic E-state index is 0. The van der Waals surface area contributed by atoms with Crippen molar-refractivity contribution in [3.8, 4) is 0 Å². The molecule has 0 aromatic heterocycles. The molecule has 7 heteroatoms. The Kier molecular flexibility index (Phi) is 11.1. The second-order valence-corrected chi connectivity index (χ2v) is 7.25.